The number of rotatable bonds is 2. The first-order valence-electron chi connectivity index (χ1n) is 11.7. The number of ether oxygens (including phenoxy) is 3. The molecule has 0 aromatic carbocycles. The lowest BCUT2D eigenvalue weighted by Gasteiger charge is -2.39. The molecule has 0 atom stereocenters. The van der Waals surface area contributed by atoms with Crippen molar-refractivity contribution in [1.82, 2.24) is 19.8 Å². The second-order valence-corrected chi connectivity index (χ2v) is 11.3. The van der Waals surface area contributed by atoms with E-state index in [4.69, 9.17) is 14.2 Å². The van der Waals surface area contributed by atoms with Gasteiger partial charge in [0.15, 0.2) is 0 Å². The molecule has 1 fully saturated rings. The van der Waals surface area contributed by atoms with Crippen LogP contribution in [-0.4, -0.2) is 112 Å². The van der Waals surface area contributed by atoms with Crippen LogP contribution in [0.15, 0.2) is 0 Å². The first-order valence-corrected chi connectivity index (χ1v) is 11.7. The summed E-state index contributed by atoms with van der Waals surface area (Å²) in [6, 6.07) is 0. The summed E-state index contributed by atoms with van der Waals surface area (Å²) >= 11 is 0. The summed E-state index contributed by atoms with van der Waals surface area (Å²) in [4.78, 5) is 53.1. The Balaban J connectivity index is 3.32. The van der Waals surface area contributed by atoms with E-state index in [1.807, 2.05) is 0 Å². The number of nitrogens with zero attached hydrogens (tertiary/aromatic N) is 4. The zero-order chi connectivity index (χ0) is 27.2. The Morgan fingerprint density at radius 3 is 1.31 bits per heavy atom. The molecule has 0 radical (unpaired) electrons. The summed E-state index contributed by atoms with van der Waals surface area (Å²) in [6.45, 7) is 15.4. The Morgan fingerprint density at radius 2 is 0.943 bits per heavy atom. The number of aliphatic carboxylic acids is 1. The third kappa shape index (κ3) is 12.0. The van der Waals surface area contributed by atoms with Gasteiger partial charge in [0.1, 0.15) is 23.3 Å². The maximum absolute atomic E-state index is 13.0. The lowest BCUT2D eigenvalue weighted by molar-refractivity contribution is -0.144. The van der Waals surface area contributed by atoms with Gasteiger partial charge in [0.2, 0.25) is 0 Å². The Labute approximate surface area is 208 Å². The monoisotopic (exact) mass is 502 g/mol. The van der Waals surface area contributed by atoms with E-state index in [2.05, 4.69) is 0 Å². The van der Waals surface area contributed by atoms with E-state index in [0.717, 1.165) is 5.01 Å². The molecule has 1 aliphatic heterocycles. The molecule has 1 N–H and O–H groups in total. The number of hydrogen-bond acceptors (Lipinski definition) is 8. The molecular weight excluding hydrogens is 460 g/mol. The van der Waals surface area contributed by atoms with Gasteiger partial charge >= 0.3 is 24.2 Å². The minimum atomic E-state index is -1.16. The molecule has 3 amide bonds. The second kappa shape index (κ2) is 11.8. The summed E-state index contributed by atoms with van der Waals surface area (Å²) in [7, 11) is 0. The maximum Gasteiger partial charge on any atom is 0.425 e. The van der Waals surface area contributed by atoms with Gasteiger partial charge in [0.25, 0.3) is 0 Å². The fourth-order valence-corrected chi connectivity index (χ4v) is 3.04. The SMILES string of the molecule is CC(C)(C)OC(=O)N1CCN(C(=O)OC(C)(C)C)CCN(C(=O)OC(C)(C)C)N(CC(=O)O)CC1. The topological polar surface area (TPSA) is 129 Å². The van der Waals surface area contributed by atoms with Crippen LogP contribution >= 0.6 is 0 Å². The number of carbonyl (C=O) groups is 4. The predicted octanol–water partition coefficient (Wildman–Crippen LogP) is 3.01. The van der Waals surface area contributed by atoms with Gasteiger partial charge in [-0.25, -0.2) is 24.4 Å². The molecule has 1 rings (SSSR count). The Kier molecular flexibility index (Phi) is 10.2. The van der Waals surface area contributed by atoms with Crippen molar-refractivity contribution in [1.29, 1.82) is 0 Å². The van der Waals surface area contributed by atoms with Crippen LogP contribution in [0.4, 0.5) is 14.4 Å². The summed E-state index contributed by atoms with van der Waals surface area (Å²) in [5.74, 6) is -1.16. The zero-order valence-electron chi connectivity index (χ0n) is 22.5. The van der Waals surface area contributed by atoms with Gasteiger partial charge in [-0.2, -0.15) is 0 Å². The molecule has 202 valence electrons. The van der Waals surface area contributed by atoms with E-state index >= 15 is 0 Å². The van der Waals surface area contributed by atoms with Gasteiger partial charge in [-0.1, -0.05) is 0 Å². The number of hydrazine groups is 1. The molecule has 1 aliphatic rings. The number of hydrogen-bond donors (Lipinski definition) is 1. The van der Waals surface area contributed by atoms with Crippen LogP contribution in [0, 0.1) is 0 Å². The van der Waals surface area contributed by atoms with Crippen molar-refractivity contribution in [2.75, 3.05) is 45.8 Å². The summed E-state index contributed by atoms with van der Waals surface area (Å²) in [5.41, 5.74) is -2.33. The molecule has 0 spiro atoms. The third-order valence-electron chi connectivity index (χ3n) is 4.42. The second-order valence-electron chi connectivity index (χ2n) is 11.3. The highest BCUT2D eigenvalue weighted by Crippen LogP contribution is 2.16. The number of carbonyl (C=O) groups excluding carboxylic acids is 3. The molecule has 0 aliphatic carbocycles. The first kappa shape index (κ1) is 30.3. The van der Waals surface area contributed by atoms with Crippen molar-refractivity contribution in [2.24, 2.45) is 0 Å². The third-order valence-corrected chi connectivity index (χ3v) is 4.42. The van der Waals surface area contributed by atoms with Gasteiger partial charge in [0, 0.05) is 32.7 Å². The molecule has 0 unspecified atom stereocenters. The number of amides is 3. The van der Waals surface area contributed by atoms with Gasteiger partial charge in [0.05, 0.1) is 6.54 Å². The van der Waals surface area contributed by atoms with E-state index < -0.39 is 47.6 Å². The van der Waals surface area contributed by atoms with Crippen molar-refractivity contribution in [2.45, 2.75) is 79.1 Å². The van der Waals surface area contributed by atoms with Crippen molar-refractivity contribution < 1.29 is 38.5 Å². The molecule has 1 saturated heterocycles. The molecule has 35 heavy (non-hydrogen) atoms. The highest BCUT2D eigenvalue weighted by molar-refractivity contribution is 5.72. The van der Waals surface area contributed by atoms with Crippen molar-refractivity contribution in [3.63, 3.8) is 0 Å². The van der Waals surface area contributed by atoms with E-state index in [1.165, 1.54) is 14.8 Å². The van der Waals surface area contributed by atoms with Crippen LogP contribution < -0.4 is 0 Å². The van der Waals surface area contributed by atoms with Crippen LogP contribution in [0.3, 0.4) is 0 Å². The molecule has 0 bridgehead atoms. The summed E-state index contributed by atoms with van der Waals surface area (Å²) < 4.78 is 16.5. The van der Waals surface area contributed by atoms with E-state index in [1.54, 1.807) is 62.3 Å². The molecular formula is C23H42N4O8. The van der Waals surface area contributed by atoms with Crippen LogP contribution in [-0.2, 0) is 19.0 Å². The number of carboxylic acid groups (broad SMARTS) is 1. The lowest BCUT2D eigenvalue weighted by Crippen LogP contribution is -2.57. The molecule has 0 saturated carbocycles. The van der Waals surface area contributed by atoms with E-state index in [9.17, 15) is 24.3 Å². The highest BCUT2D eigenvalue weighted by atomic mass is 16.6. The molecule has 0 aromatic heterocycles. The van der Waals surface area contributed by atoms with Crippen LogP contribution in [0.2, 0.25) is 0 Å². The zero-order valence-corrected chi connectivity index (χ0v) is 22.5. The minimum absolute atomic E-state index is 0.0200. The lowest BCUT2D eigenvalue weighted by atomic mass is 10.2. The fraction of sp³-hybridized carbons (Fsp3) is 0.826. The van der Waals surface area contributed by atoms with Crippen LogP contribution in [0.25, 0.3) is 0 Å². The molecule has 0 aromatic rings. The average molecular weight is 503 g/mol. The average Bonchev–Trinajstić information content (AvgIpc) is 2.61. The maximum atomic E-state index is 13.0. The van der Waals surface area contributed by atoms with Crippen molar-refractivity contribution in [3.05, 3.63) is 0 Å². The Bertz CT molecular complexity index is 767. The highest BCUT2D eigenvalue weighted by Gasteiger charge is 2.33. The van der Waals surface area contributed by atoms with Gasteiger partial charge in [-0.15, -0.1) is 0 Å². The van der Waals surface area contributed by atoms with Crippen molar-refractivity contribution in [3.8, 4) is 0 Å². The quantitative estimate of drug-likeness (QED) is 0.566. The van der Waals surface area contributed by atoms with Gasteiger partial charge < -0.3 is 29.1 Å². The Hall–Kier alpha value is -2.76. The van der Waals surface area contributed by atoms with Gasteiger partial charge in [-0.05, 0) is 62.3 Å². The summed E-state index contributed by atoms with van der Waals surface area (Å²) in [6.07, 6.45) is -1.98. The predicted molar refractivity (Wildman–Crippen MR) is 128 cm³/mol. The standard InChI is InChI=1S/C23H42N4O8/c1-21(2,3)33-18(30)24-10-11-25(19(31)34-22(4,5)6)13-15-27(20(32)35-23(7,8)9)26(14-12-24)16-17(28)29/h10-16H2,1-9H3,(H,28,29). The van der Waals surface area contributed by atoms with Gasteiger partial charge in [-0.3, -0.25) is 4.79 Å². The molecule has 12 heteroatoms. The normalized spacial score (nSPS) is 17.0. The largest absolute Gasteiger partial charge is 0.480 e. The molecule has 12 nitrogen and oxygen atoms in total. The molecule has 1 heterocycles. The fourth-order valence-electron chi connectivity index (χ4n) is 3.04. The van der Waals surface area contributed by atoms with E-state index in [0.29, 0.717) is 0 Å². The Morgan fingerprint density at radius 1 is 0.600 bits per heavy atom. The van der Waals surface area contributed by atoms with E-state index in [-0.39, 0.29) is 39.3 Å². The summed E-state index contributed by atoms with van der Waals surface area (Å²) in [5, 5.41) is 11.9. The minimum Gasteiger partial charge on any atom is -0.480 e. The smallest absolute Gasteiger partial charge is 0.425 e. The first-order chi connectivity index (χ1) is 15.8. The number of carboxylic acids is 1. The van der Waals surface area contributed by atoms with Crippen LogP contribution in [0.1, 0.15) is 62.3 Å². The van der Waals surface area contributed by atoms with Crippen molar-refractivity contribution >= 4 is 24.2 Å². The van der Waals surface area contributed by atoms with Crippen LogP contribution in [0.5, 0.6) is 0 Å².